The van der Waals surface area contributed by atoms with Gasteiger partial charge in [0.1, 0.15) is 0 Å². The number of ketones is 1. The molecule has 3 rings (SSSR count). The van der Waals surface area contributed by atoms with Crippen LogP contribution >= 0.6 is 0 Å². The average molecular weight is 371 g/mol. The van der Waals surface area contributed by atoms with Crippen molar-refractivity contribution in [3.8, 4) is 0 Å². The number of nitrogens with zero attached hydrogens (tertiary/aromatic N) is 1. The third-order valence-corrected chi connectivity index (χ3v) is 4.78. The van der Waals surface area contributed by atoms with E-state index in [1.807, 2.05) is 97.9 Å². The lowest BCUT2D eigenvalue weighted by Crippen LogP contribution is -2.27. The van der Waals surface area contributed by atoms with Crippen LogP contribution in [-0.2, 0) is 0 Å². The van der Waals surface area contributed by atoms with E-state index >= 15 is 0 Å². The first kappa shape index (κ1) is 19.7. The lowest BCUT2D eigenvalue weighted by molar-refractivity contribution is 0.0753. The minimum Gasteiger partial charge on any atom is -0.386 e. The van der Waals surface area contributed by atoms with E-state index < -0.39 is 6.10 Å². The molecule has 2 atom stereocenters. The van der Waals surface area contributed by atoms with Crippen molar-refractivity contribution in [1.82, 2.24) is 4.90 Å². The number of rotatable bonds is 7. The van der Waals surface area contributed by atoms with Crippen molar-refractivity contribution in [3.05, 3.63) is 113 Å². The molecule has 1 N–H and O–H groups in total. The molecule has 3 aromatic carbocycles. The predicted octanol–water partition coefficient (Wildman–Crippen LogP) is 4.92. The van der Waals surface area contributed by atoms with Crippen LogP contribution in [0.5, 0.6) is 0 Å². The van der Waals surface area contributed by atoms with Gasteiger partial charge in [-0.3, -0.25) is 9.69 Å². The van der Waals surface area contributed by atoms with Crippen LogP contribution in [0.4, 0.5) is 0 Å². The van der Waals surface area contributed by atoms with Crippen LogP contribution in [0.25, 0.3) is 6.08 Å². The highest BCUT2D eigenvalue weighted by Crippen LogP contribution is 2.34. The number of hydrogen-bond acceptors (Lipinski definition) is 3. The molecule has 2 unspecified atom stereocenters. The number of allylic oxidation sites excluding steroid dienone is 1. The SMILES string of the molecule is CN(C)C(c1ccccc1/C=C\C(=O)c1ccccc1)C(O)c1ccccc1. The van der Waals surface area contributed by atoms with Crippen LogP contribution in [0.2, 0.25) is 0 Å². The monoisotopic (exact) mass is 371 g/mol. The number of likely N-dealkylation sites (N-methyl/N-ethyl adjacent to an activating group) is 1. The van der Waals surface area contributed by atoms with Gasteiger partial charge in [0.2, 0.25) is 0 Å². The molecule has 0 radical (unpaired) electrons. The van der Waals surface area contributed by atoms with Gasteiger partial charge in [0, 0.05) is 5.56 Å². The molecule has 3 nitrogen and oxygen atoms in total. The number of carbonyl (C=O) groups excluding carboxylic acids is 1. The number of hydrogen-bond donors (Lipinski definition) is 1. The van der Waals surface area contributed by atoms with Crippen molar-refractivity contribution in [2.45, 2.75) is 12.1 Å². The normalized spacial score (nSPS) is 13.6. The van der Waals surface area contributed by atoms with Crippen LogP contribution in [0.1, 0.15) is 39.2 Å². The summed E-state index contributed by atoms with van der Waals surface area (Å²) in [6, 6.07) is 26.5. The van der Waals surface area contributed by atoms with Gasteiger partial charge in [-0.1, -0.05) is 91.0 Å². The topological polar surface area (TPSA) is 40.5 Å². The Labute approximate surface area is 166 Å². The van der Waals surface area contributed by atoms with Crippen LogP contribution in [0.15, 0.2) is 91.0 Å². The van der Waals surface area contributed by atoms with Gasteiger partial charge in [-0.15, -0.1) is 0 Å². The number of benzene rings is 3. The summed E-state index contributed by atoms with van der Waals surface area (Å²) in [6.07, 6.45) is 2.74. The highest BCUT2D eigenvalue weighted by atomic mass is 16.3. The van der Waals surface area contributed by atoms with Gasteiger partial charge in [-0.05, 0) is 36.9 Å². The van der Waals surface area contributed by atoms with Gasteiger partial charge in [0.25, 0.3) is 0 Å². The lowest BCUT2D eigenvalue weighted by atomic mass is 9.91. The van der Waals surface area contributed by atoms with Gasteiger partial charge in [0.05, 0.1) is 12.1 Å². The first-order chi connectivity index (χ1) is 13.6. The lowest BCUT2D eigenvalue weighted by Gasteiger charge is -2.31. The van der Waals surface area contributed by atoms with Gasteiger partial charge < -0.3 is 5.11 Å². The Bertz CT molecular complexity index is 933. The molecule has 0 bridgehead atoms. The summed E-state index contributed by atoms with van der Waals surface area (Å²) >= 11 is 0. The second-order valence-corrected chi connectivity index (χ2v) is 6.96. The first-order valence-corrected chi connectivity index (χ1v) is 9.34. The van der Waals surface area contributed by atoms with E-state index in [0.29, 0.717) is 5.56 Å². The van der Waals surface area contributed by atoms with E-state index in [1.54, 1.807) is 18.2 Å². The van der Waals surface area contributed by atoms with Crippen molar-refractivity contribution in [2.24, 2.45) is 0 Å². The largest absolute Gasteiger partial charge is 0.386 e. The van der Waals surface area contributed by atoms with E-state index in [-0.39, 0.29) is 11.8 Å². The van der Waals surface area contributed by atoms with Gasteiger partial charge in [-0.25, -0.2) is 0 Å². The molecule has 0 saturated carbocycles. The molecule has 3 heteroatoms. The fourth-order valence-corrected chi connectivity index (χ4v) is 3.36. The third kappa shape index (κ3) is 4.63. The van der Waals surface area contributed by atoms with Crippen LogP contribution < -0.4 is 0 Å². The van der Waals surface area contributed by atoms with Crippen LogP contribution in [-0.4, -0.2) is 29.9 Å². The molecule has 0 aliphatic carbocycles. The molecule has 3 aromatic rings. The minimum absolute atomic E-state index is 0.0413. The zero-order valence-corrected chi connectivity index (χ0v) is 16.2. The van der Waals surface area contributed by atoms with Crippen molar-refractivity contribution < 1.29 is 9.90 Å². The summed E-state index contributed by atoms with van der Waals surface area (Å²) in [5.74, 6) is -0.0413. The summed E-state index contributed by atoms with van der Waals surface area (Å²) in [4.78, 5) is 14.4. The smallest absolute Gasteiger partial charge is 0.185 e. The highest BCUT2D eigenvalue weighted by Gasteiger charge is 2.26. The van der Waals surface area contributed by atoms with Crippen molar-refractivity contribution >= 4 is 11.9 Å². The number of carbonyl (C=O) groups is 1. The standard InChI is InChI=1S/C25H25NO2/c1-26(2)24(25(28)21-14-7-4-8-15-21)22-16-10-9-11-19(22)17-18-23(27)20-12-5-3-6-13-20/h3-18,24-25,28H,1-2H3/b18-17-. The summed E-state index contributed by atoms with van der Waals surface area (Å²) < 4.78 is 0. The Morgan fingerprint density at radius 3 is 2.07 bits per heavy atom. The predicted molar refractivity (Wildman–Crippen MR) is 114 cm³/mol. The van der Waals surface area contributed by atoms with Crippen molar-refractivity contribution in [3.63, 3.8) is 0 Å². The molecule has 0 aliphatic rings. The number of aliphatic hydroxyl groups excluding tert-OH is 1. The fourth-order valence-electron chi connectivity index (χ4n) is 3.36. The summed E-state index contributed by atoms with van der Waals surface area (Å²) in [5.41, 5.74) is 3.41. The highest BCUT2D eigenvalue weighted by molar-refractivity contribution is 6.06. The van der Waals surface area contributed by atoms with Gasteiger partial charge in [0.15, 0.2) is 5.78 Å². The molecule has 0 saturated heterocycles. The molecular formula is C25H25NO2. The first-order valence-electron chi connectivity index (χ1n) is 9.34. The van der Waals surface area contributed by atoms with E-state index in [0.717, 1.165) is 16.7 Å². The zero-order valence-electron chi connectivity index (χ0n) is 16.2. The maximum absolute atomic E-state index is 12.4. The molecular weight excluding hydrogens is 346 g/mol. The molecule has 0 spiro atoms. The average Bonchev–Trinajstić information content (AvgIpc) is 2.74. The fraction of sp³-hybridized carbons (Fsp3) is 0.160. The second-order valence-electron chi connectivity index (χ2n) is 6.96. The summed E-state index contributed by atoms with van der Waals surface area (Å²) in [6.45, 7) is 0. The van der Waals surface area contributed by atoms with Crippen molar-refractivity contribution in [2.75, 3.05) is 14.1 Å². The van der Waals surface area contributed by atoms with Crippen LogP contribution in [0, 0.1) is 0 Å². The van der Waals surface area contributed by atoms with E-state index in [1.165, 1.54) is 0 Å². The molecule has 142 valence electrons. The molecule has 0 amide bonds. The number of aliphatic hydroxyl groups is 1. The zero-order chi connectivity index (χ0) is 19.9. The van der Waals surface area contributed by atoms with E-state index in [9.17, 15) is 9.90 Å². The maximum Gasteiger partial charge on any atom is 0.185 e. The Kier molecular flexibility index (Phi) is 6.53. The molecule has 0 aliphatic heterocycles. The van der Waals surface area contributed by atoms with Gasteiger partial charge >= 0.3 is 0 Å². The molecule has 28 heavy (non-hydrogen) atoms. The summed E-state index contributed by atoms with van der Waals surface area (Å²) in [5, 5.41) is 11.1. The Morgan fingerprint density at radius 1 is 0.857 bits per heavy atom. The second kappa shape index (κ2) is 9.27. The Hall–Kier alpha value is -3.01. The van der Waals surface area contributed by atoms with Gasteiger partial charge in [-0.2, -0.15) is 0 Å². The maximum atomic E-state index is 12.4. The Morgan fingerprint density at radius 2 is 1.43 bits per heavy atom. The molecule has 0 aromatic heterocycles. The quantitative estimate of drug-likeness (QED) is 0.473. The minimum atomic E-state index is -0.685. The van der Waals surface area contributed by atoms with Crippen molar-refractivity contribution in [1.29, 1.82) is 0 Å². The third-order valence-electron chi connectivity index (χ3n) is 4.78. The molecule has 0 fully saturated rings. The van der Waals surface area contributed by atoms with E-state index in [2.05, 4.69) is 0 Å². The molecule has 0 heterocycles. The summed E-state index contributed by atoms with van der Waals surface area (Å²) in [7, 11) is 3.90. The van der Waals surface area contributed by atoms with E-state index in [4.69, 9.17) is 0 Å². The Balaban J connectivity index is 1.93. The van der Waals surface area contributed by atoms with Crippen LogP contribution in [0.3, 0.4) is 0 Å².